The van der Waals surface area contributed by atoms with Gasteiger partial charge in [-0.15, -0.1) is 0 Å². The van der Waals surface area contributed by atoms with Crippen LogP contribution in [0.15, 0.2) is 30.3 Å². The third-order valence-corrected chi connectivity index (χ3v) is 1.72. The topological polar surface area (TPSA) is 32.3 Å². The molecule has 0 spiro atoms. The van der Waals surface area contributed by atoms with Crippen molar-refractivity contribution in [1.82, 2.24) is 0 Å². The van der Waals surface area contributed by atoms with Crippen LogP contribution in [0.3, 0.4) is 0 Å². The number of anilines is 1. The summed E-state index contributed by atoms with van der Waals surface area (Å²) in [4.78, 5) is 0. The van der Waals surface area contributed by atoms with Crippen LogP contribution in [0, 0.1) is 5.92 Å². The third kappa shape index (κ3) is 2.55. The van der Waals surface area contributed by atoms with Crippen LogP contribution in [0.5, 0.6) is 0 Å². The van der Waals surface area contributed by atoms with Crippen molar-refractivity contribution in [3.63, 3.8) is 0 Å². The average Bonchev–Trinajstić information content (AvgIpc) is 2.06. The molecular weight excluding hydrogens is 150 g/mol. The fourth-order valence-electron chi connectivity index (χ4n) is 0.872. The Morgan fingerprint density at radius 1 is 1.17 bits per heavy atom. The van der Waals surface area contributed by atoms with E-state index < -0.39 is 6.23 Å². The Kier molecular flexibility index (Phi) is 3.11. The van der Waals surface area contributed by atoms with Gasteiger partial charge >= 0.3 is 0 Å². The Labute approximate surface area is 73.2 Å². The maximum atomic E-state index is 9.47. The number of para-hydroxylation sites is 1. The molecule has 66 valence electrons. The van der Waals surface area contributed by atoms with Crippen LogP contribution in [0.25, 0.3) is 0 Å². The molecule has 1 aromatic rings. The summed E-state index contributed by atoms with van der Waals surface area (Å²) in [6.45, 7) is 3.95. The van der Waals surface area contributed by atoms with E-state index in [0.717, 1.165) is 5.69 Å². The van der Waals surface area contributed by atoms with E-state index in [1.54, 1.807) is 0 Å². The molecule has 0 radical (unpaired) electrons. The standard InChI is InChI=1S/C10H15NO/c1-8(2)10(12)11-9-6-4-3-5-7-9/h3-8,10-12H,1-2H3. The van der Waals surface area contributed by atoms with Crippen molar-refractivity contribution >= 4 is 5.69 Å². The van der Waals surface area contributed by atoms with Crippen molar-refractivity contribution in [2.45, 2.75) is 20.1 Å². The van der Waals surface area contributed by atoms with Gasteiger partial charge in [0.2, 0.25) is 0 Å². The van der Waals surface area contributed by atoms with Gasteiger partial charge in [0.25, 0.3) is 0 Å². The molecule has 0 aromatic heterocycles. The van der Waals surface area contributed by atoms with Crippen molar-refractivity contribution in [3.05, 3.63) is 30.3 Å². The lowest BCUT2D eigenvalue weighted by atomic mass is 10.2. The third-order valence-electron chi connectivity index (χ3n) is 1.72. The summed E-state index contributed by atoms with van der Waals surface area (Å²) in [6, 6.07) is 9.70. The van der Waals surface area contributed by atoms with Crippen LogP contribution >= 0.6 is 0 Å². The van der Waals surface area contributed by atoms with Crippen molar-refractivity contribution < 1.29 is 5.11 Å². The van der Waals surface area contributed by atoms with Gasteiger partial charge in [0.1, 0.15) is 6.23 Å². The fraction of sp³-hybridized carbons (Fsp3) is 0.400. The van der Waals surface area contributed by atoms with E-state index in [0.29, 0.717) is 0 Å². The number of benzene rings is 1. The van der Waals surface area contributed by atoms with Crippen molar-refractivity contribution in [2.24, 2.45) is 5.92 Å². The van der Waals surface area contributed by atoms with Gasteiger partial charge in [0, 0.05) is 5.69 Å². The summed E-state index contributed by atoms with van der Waals surface area (Å²) < 4.78 is 0. The molecule has 0 amide bonds. The first-order valence-corrected chi connectivity index (χ1v) is 4.20. The molecule has 12 heavy (non-hydrogen) atoms. The number of rotatable bonds is 3. The quantitative estimate of drug-likeness (QED) is 0.672. The number of hydrogen-bond acceptors (Lipinski definition) is 2. The molecule has 1 rings (SSSR count). The minimum absolute atomic E-state index is 0.227. The van der Waals surface area contributed by atoms with Crippen molar-refractivity contribution in [3.8, 4) is 0 Å². The smallest absolute Gasteiger partial charge is 0.126 e. The molecule has 0 heterocycles. The number of hydrogen-bond donors (Lipinski definition) is 2. The van der Waals surface area contributed by atoms with Gasteiger partial charge in [0.15, 0.2) is 0 Å². The Morgan fingerprint density at radius 2 is 1.75 bits per heavy atom. The van der Waals surface area contributed by atoms with E-state index in [1.807, 2.05) is 44.2 Å². The molecule has 0 fully saturated rings. The normalized spacial score (nSPS) is 13.0. The molecule has 2 nitrogen and oxygen atoms in total. The van der Waals surface area contributed by atoms with Crippen molar-refractivity contribution in [1.29, 1.82) is 0 Å². The summed E-state index contributed by atoms with van der Waals surface area (Å²) in [5.41, 5.74) is 0.957. The highest BCUT2D eigenvalue weighted by Crippen LogP contribution is 2.09. The molecule has 1 unspecified atom stereocenters. The molecule has 0 bridgehead atoms. The summed E-state index contributed by atoms with van der Waals surface area (Å²) in [7, 11) is 0. The molecule has 0 aliphatic rings. The maximum Gasteiger partial charge on any atom is 0.126 e. The largest absolute Gasteiger partial charge is 0.374 e. The van der Waals surface area contributed by atoms with E-state index in [1.165, 1.54) is 0 Å². The van der Waals surface area contributed by atoms with Crippen LogP contribution in [0.2, 0.25) is 0 Å². The minimum atomic E-state index is -0.465. The maximum absolute atomic E-state index is 9.47. The lowest BCUT2D eigenvalue weighted by molar-refractivity contribution is 0.153. The fourth-order valence-corrected chi connectivity index (χ4v) is 0.872. The van der Waals surface area contributed by atoms with Gasteiger partial charge in [-0.2, -0.15) is 0 Å². The Morgan fingerprint density at radius 3 is 2.25 bits per heavy atom. The van der Waals surface area contributed by atoms with Gasteiger partial charge in [-0.25, -0.2) is 0 Å². The summed E-state index contributed by atoms with van der Waals surface area (Å²) in [5, 5.41) is 12.5. The Hall–Kier alpha value is -1.02. The predicted octanol–water partition coefficient (Wildman–Crippen LogP) is 2.07. The second-order valence-electron chi connectivity index (χ2n) is 3.20. The van der Waals surface area contributed by atoms with Crippen LogP contribution in [-0.2, 0) is 0 Å². The zero-order chi connectivity index (χ0) is 8.97. The average molecular weight is 165 g/mol. The Balaban J connectivity index is 2.53. The van der Waals surface area contributed by atoms with E-state index in [9.17, 15) is 5.11 Å². The van der Waals surface area contributed by atoms with E-state index in [2.05, 4.69) is 5.32 Å². The van der Waals surface area contributed by atoms with Gasteiger partial charge in [-0.05, 0) is 18.1 Å². The number of nitrogens with one attached hydrogen (secondary N) is 1. The molecule has 2 N–H and O–H groups in total. The van der Waals surface area contributed by atoms with Crippen LogP contribution in [0.1, 0.15) is 13.8 Å². The molecule has 0 aliphatic heterocycles. The minimum Gasteiger partial charge on any atom is -0.374 e. The zero-order valence-corrected chi connectivity index (χ0v) is 7.49. The van der Waals surface area contributed by atoms with E-state index in [-0.39, 0.29) is 5.92 Å². The van der Waals surface area contributed by atoms with Gasteiger partial charge in [0.05, 0.1) is 0 Å². The summed E-state index contributed by atoms with van der Waals surface area (Å²) in [6.07, 6.45) is -0.465. The SMILES string of the molecule is CC(C)C(O)Nc1ccccc1. The van der Waals surface area contributed by atoms with Crippen LogP contribution in [0.4, 0.5) is 5.69 Å². The highest BCUT2D eigenvalue weighted by Gasteiger charge is 2.06. The van der Waals surface area contributed by atoms with Crippen LogP contribution in [-0.4, -0.2) is 11.3 Å². The molecule has 0 saturated carbocycles. The summed E-state index contributed by atoms with van der Waals surface area (Å²) in [5.74, 6) is 0.227. The number of aliphatic hydroxyl groups excluding tert-OH is 1. The van der Waals surface area contributed by atoms with Crippen LogP contribution < -0.4 is 5.32 Å². The van der Waals surface area contributed by atoms with E-state index >= 15 is 0 Å². The number of aliphatic hydroxyl groups is 1. The highest BCUT2D eigenvalue weighted by molar-refractivity contribution is 5.42. The highest BCUT2D eigenvalue weighted by atomic mass is 16.3. The van der Waals surface area contributed by atoms with Gasteiger partial charge < -0.3 is 10.4 Å². The summed E-state index contributed by atoms with van der Waals surface area (Å²) >= 11 is 0. The molecule has 0 aliphatic carbocycles. The first-order chi connectivity index (χ1) is 5.70. The molecule has 0 saturated heterocycles. The molecule has 2 heteroatoms. The lowest BCUT2D eigenvalue weighted by Crippen LogP contribution is -2.24. The molecule has 1 atom stereocenters. The van der Waals surface area contributed by atoms with Gasteiger partial charge in [-0.1, -0.05) is 32.0 Å². The predicted molar refractivity (Wildman–Crippen MR) is 50.9 cm³/mol. The monoisotopic (exact) mass is 165 g/mol. The lowest BCUT2D eigenvalue weighted by Gasteiger charge is -2.17. The second kappa shape index (κ2) is 4.12. The first-order valence-electron chi connectivity index (χ1n) is 4.20. The van der Waals surface area contributed by atoms with E-state index in [4.69, 9.17) is 0 Å². The first kappa shape index (κ1) is 9.07. The van der Waals surface area contributed by atoms with Gasteiger partial charge in [-0.3, -0.25) is 0 Å². The zero-order valence-electron chi connectivity index (χ0n) is 7.49. The second-order valence-corrected chi connectivity index (χ2v) is 3.20. The molecule has 1 aromatic carbocycles. The molecular formula is C10H15NO. The van der Waals surface area contributed by atoms with Crippen molar-refractivity contribution in [2.75, 3.05) is 5.32 Å². The Bertz CT molecular complexity index is 221.